The largest absolute Gasteiger partial charge is 0.424 e. The smallest absolute Gasteiger partial charge is 0.420 e. The molecule has 1 radical (unpaired) electrons. The molecule has 0 aliphatic carbocycles. The minimum Gasteiger partial charge on any atom is -0.424 e. The molecular weight excluding hydrogens is 292 g/mol. The van der Waals surface area contributed by atoms with Crippen molar-refractivity contribution in [2.24, 2.45) is 0 Å². The second-order valence-corrected chi connectivity index (χ2v) is 3.55. The van der Waals surface area contributed by atoms with Gasteiger partial charge in [-0.3, -0.25) is 0 Å². The molecule has 0 aliphatic heterocycles. The topological polar surface area (TPSA) is 35.3 Å². The third-order valence-electron chi connectivity index (χ3n) is 2.20. The van der Waals surface area contributed by atoms with E-state index >= 15 is 0 Å². The number of rotatable bonds is 2. The molecule has 0 N–H and O–H groups in total. The zero-order chi connectivity index (χ0) is 15.0. The number of hydrogen-bond acceptors (Lipinski definition) is 3. The Balaban J connectivity index is 2.59. The Hall–Kier alpha value is -2.19. The lowest BCUT2D eigenvalue weighted by Crippen LogP contribution is -2.13. The molecule has 0 fully saturated rings. The Bertz CT molecular complexity index is 556. The summed E-state index contributed by atoms with van der Waals surface area (Å²) in [7, 11) is 0. The Kier molecular flexibility index (Phi) is 3.36. The number of nitrogens with zero attached hydrogens (tertiary/aromatic N) is 1. The highest BCUT2D eigenvalue weighted by molar-refractivity contribution is 5.46. The van der Waals surface area contributed by atoms with E-state index in [-0.39, 0.29) is 0 Å². The minimum absolute atomic E-state index is 0.477. The first-order valence-electron chi connectivity index (χ1n) is 4.96. The molecule has 2 rings (SSSR count). The lowest BCUT2D eigenvalue weighted by Gasteiger charge is -2.17. The van der Waals surface area contributed by atoms with Gasteiger partial charge in [0.25, 0.3) is 6.39 Å². The molecular formula is C11H4F6NO2. The lowest BCUT2D eigenvalue weighted by atomic mass is 10.1. The summed E-state index contributed by atoms with van der Waals surface area (Å²) in [5, 5.41) is 0. The maximum absolute atomic E-state index is 12.7. The number of halogens is 6. The number of ether oxygens (including phenoxy) is 1. The number of alkyl halides is 6. The van der Waals surface area contributed by atoms with E-state index in [9.17, 15) is 26.3 Å². The monoisotopic (exact) mass is 296 g/mol. The molecule has 20 heavy (non-hydrogen) atoms. The molecule has 2 aromatic rings. The number of oxazole rings is 1. The molecule has 0 bridgehead atoms. The van der Waals surface area contributed by atoms with Crippen molar-refractivity contribution in [1.29, 1.82) is 0 Å². The molecule has 3 nitrogen and oxygen atoms in total. The van der Waals surface area contributed by atoms with Crippen molar-refractivity contribution < 1.29 is 35.5 Å². The highest BCUT2D eigenvalue weighted by atomic mass is 19.4. The number of aromatic nitrogens is 1. The lowest BCUT2D eigenvalue weighted by molar-refractivity contribution is -0.145. The van der Waals surface area contributed by atoms with Gasteiger partial charge in [0.15, 0.2) is 5.75 Å². The summed E-state index contributed by atoms with van der Waals surface area (Å²) in [6.45, 7) is 0. The van der Waals surface area contributed by atoms with E-state index in [4.69, 9.17) is 0 Å². The van der Waals surface area contributed by atoms with Crippen LogP contribution in [0.3, 0.4) is 0 Å². The maximum Gasteiger partial charge on any atom is 0.420 e. The highest BCUT2D eigenvalue weighted by Crippen LogP contribution is 2.45. The number of para-hydroxylation sites is 1. The summed E-state index contributed by atoms with van der Waals surface area (Å²) in [4.78, 5) is 3.22. The fourth-order valence-corrected chi connectivity index (χ4v) is 1.42. The molecule has 0 amide bonds. The van der Waals surface area contributed by atoms with Crippen molar-refractivity contribution >= 4 is 0 Å². The van der Waals surface area contributed by atoms with Crippen LogP contribution in [0.15, 0.2) is 28.8 Å². The van der Waals surface area contributed by atoms with Crippen molar-refractivity contribution in [2.45, 2.75) is 12.4 Å². The average molecular weight is 296 g/mol. The van der Waals surface area contributed by atoms with Crippen LogP contribution >= 0.6 is 0 Å². The zero-order valence-electron chi connectivity index (χ0n) is 9.34. The van der Waals surface area contributed by atoms with Crippen LogP contribution < -0.4 is 4.74 Å². The van der Waals surface area contributed by atoms with Gasteiger partial charge in [0.05, 0.1) is 11.1 Å². The second kappa shape index (κ2) is 4.73. The fourth-order valence-electron chi connectivity index (χ4n) is 1.42. The number of benzene rings is 1. The van der Waals surface area contributed by atoms with Crippen molar-refractivity contribution in [3.8, 4) is 11.7 Å². The molecule has 0 aliphatic rings. The van der Waals surface area contributed by atoms with Gasteiger partial charge in [-0.1, -0.05) is 6.07 Å². The van der Waals surface area contributed by atoms with Crippen LogP contribution in [0.2, 0.25) is 0 Å². The third kappa shape index (κ3) is 2.86. The van der Waals surface area contributed by atoms with E-state index in [1.54, 1.807) is 0 Å². The quantitative estimate of drug-likeness (QED) is 0.775. The zero-order valence-corrected chi connectivity index (χ0v) is 9.34. The van der Waals surface area contributed by atoms with Crippen LogP contribution in [-0.4, -0.2) is 4.98 Å². The van der Waals surface area contributed by atoms with Gasteiger partial charge in [0.2, 0.25) is 0 Å². The molecule has 0 unspecified atom stereocenters. The average Bonchev–Trinajstić information content (AvgIpc) is 2.79. The molecule has 0 saturated carbocycles. The van der Waals surface area contributed by atoms with Gasteiger partial charge >= 0.3 is 18.3 Å². The van der Waals surface area contributed by atoms with E-state index < -0.39 is 35.2 Å². The normalized spacial score (nSPS) is 12.5. The van der Waals surface area contributed by atoms with Gasteiger partial charge in [0, 0.05) is 0 Å². The van der Waals surface area contributed by atoms with E-state index in [0.29, 0.717) is 18.2 Å². The van der Waals surface area contributed by atoms with Gasteiger partial charge in [-0.05, 0) is 12.1 Å². The molecule has 107 valence electrons. The van der Waals surface area contributed by atoms with Crippen LogP contribution in [0.4, 0.5) is 26.3 Å². The second-order valence-electron chi connectivity index (χ2n) is 3.55. The van der Waals surface area contributed by atoms with Crippen molar-refractivity contribution in [3.05, 3.63) is 41.9 Å². The third-order valence-corrected chi connectivity index (χ3v) is 2.20. The first kappa shape index (κ1) is 14.2. The minimum atomic E-state index is -5.01. The Morgan fingerprint density at radius 1 is 1.00 bits per heavy atom. The van der Waals surface area contributed by atoms with Crippen LogP contribution in [0, 0.1) is 6.39 Å². The van der Waals surface area contributed by atoms with Gasteiger partial charge < -0.3 is 9.15 Å². The first-order chi connectivity index (χ1) is 9.19. The van der Waals surface area contributed by atoms with Crippen LogP contribution in [-0.2, 0) is 12.4 Å². The summed E-state index contributed by atoms with van der Waals surface area (Å²) in [5.74, 6) is -2.02. The molecule has 0 spiro atoms. The summed E-state index contributed by atoms with van der Waals surface area (Å²) >= 11 is 0. The van der Waals surface area contributed by atoms with Gasteiger partial charge in [-0.15, -0.1) is 0 Å². The Morgan fingerprint density at radius 2 is 1.55 bits per heavy atom. The maximum atomic E-state index is 12.7. The summed E-state index contributed by atoms with van der Waals surface area (Å²) in [6.07, 6.45) is -7.37. The summed E-state index contributed by atoms with van der Waals surface area (Å²) < 4.78 is 85.4. The molecule has 1 aromatic carbocycles. The Morgan fingerprint density at radius 3 is 1.95 bits per heavy atom. The van der Waals surface area contributed by atoms with E-state index in [1.165, 1.54) is 0 Å². The predicted molar refractivity (Wildman–Crippen MR) is 51.9 cm³/mol. The molecule has 9 heteroatoms. The molecule has 0 atom stereocenters. The van der Waals surface area contributed by atoms with Crippen LogP contribution in [0.25, 0.3) is 0 Å². The van der Waals surface area contributed by atoms with E-state index in [2.05, 4.69) is 14.1 Å². The molecule has 1 heterocycles. The molecule has 0 saturated heterocycles. The SMILES string of the molecule is FC(F)(F)c1cccc(C(F)(F)F)c1Oc1cn[c]o1. The Labute approximate surface area is 107 Å². The standard InChI is InChI=1S/C11H4F6NO2/c12-10(13,14)6-2-1-3-7(11(15,16)17)9(6)20-8-4-18-5-19-8/h1-4H. The van der Waals surface area contributed by atoms with E-state index in [0.717, 1.165) is 6.20 Å². The molecule has 1 aromatic heterocycles. The van der Waals surface area contributed by atoms with Gasteiger partial charge in [0.1, 0.15) is 6.20 Å². The predicted octanol–water partition coefficient (Wildman–Crippen LogP) is 4.30. The van der Waals surface area contributed by atoms with Gasteiger partial charge in [-0.2, -0.15) is 26.3 Å². The first-order valence-corrected chi connectivity index (χ1v) is 4.96. The van der Waals surface area contributed by atoms with Crippen LogP contribution in [0.5, 0.6) is 11.7 Å². The number of hydrogen-bond donors (Lipinski definition) is 0. The van der Waals surface area contributed by atoms with E-state index in [1.807, 2.05) is 6.39 Å². The van der Waals surface area contributed by atoms with Crippen molar-refractivity contribution in [2.75, 3.05) is 0 Å². The van der Waals surface area contributed by atoms with Crippen molar-refractivity contribution in [3.63, 3.8) is 0 Å². The fraction of sp³-hybridized carbons (Fsp3) is 0.182. The van der Waals surface area contributed by atoms with Crippen molar-refractivity contribution in [1.82, 2.24) is 4.98 Å². The van der Waals surface area contributed by atoms with Gasteiger partial charge in [-0.25, -0.2) is 4.98 Å². The highest BCUT2D eigenvalue weighted by Gasteiger charge is 2.42. The summed E-state index contributed by atoms with van der Waals surface area (Å²) in [5.41, 5.74) is -3.13. The van der Waals surface area contributed by atoms with Crippen LogP contribution in [0.1, 0.15) is 11.1 Å². The summed E-state index contributed by atoms with van der Waals surface area (Å²) in [6, 6.07) is 1.60.